The summed E-state index contributed by atoms with van der Waals surface area (Å²) >= 11 is 11.8. The van der Waals surface area contributed by atoms with Gasteiger partial charge >= 0.3 is 0 Å². The lowest BCUT2D eigenvalue weighted by atomic mass is 10.2. The second-order valence-corrected chi connectivity index (χ2v) is 7.65. The highest BCUT2D eigenvalue weighted by atomic mass is 35.5. The average molecular weight is 370 g/mol. The van der Waals surface area contributed by atoms with E-state index in [0.717, 1.165) is 11.8 Å². The smallest absolute Gasteiger partial charge is 0.248 e. The molecule has 0 fully saturated rings. The number of sulfone groups is 1. The van der Waals surface area contributed by atoms with Crippen molar-refractivity contribution in [3.63, 3.8) is 0 Å². The molecular formula is C16H13Cl2NO3S. The molecule has 23 heavy (non-hydrogen) atoms. The Hall–Kier alpha value is -1.82. The predicted octanol–water partition coefficient (Wildman–Crippen LogP) is 4.05. The van der Waals surface area contributed by atoms with E-state index < -0.39 is 15.7 Å². The first-order valence-electron chi connectivity index (χ1n) is 6.50. The van der Waals surface area contributed by atoms with Gasteiger partial charge in [0.15, 0.2) is 9.84 Å². The van der Waals surface area contributed by atoms with Crippen molar-refractivity contribution < 1.29 is 13.2 Å². The van der Waals surface area contributed by atoms with Crippen LogP contribution in [0.25, 0.3) is 6.08 Å². The number of nitrogens with one attached hydrogen (secondary N) is 1. The fourth-order valence-electron chi connectivity index (χ4n) is 1.75. The first kappa shape index (κ1) is 17.5. The minimum atomic E-state index is -3.38. The van der Waals surface area contributed by atoms with Crippen molar-refractivity contribution in [3.8, 4) is 0 Å². The van der Waals surface area contributed by atoms with Crippen LogP contribution in [0.1, 0.15) is 5.56 Å². The molecule has 0 saturated carbocycles. The van der Waals surface area contributed by atoms with E-state index >= 15 is 0 Å². The molecule has 2 aromatic carbocycles. The van der Waals surface area contributed by atoms with Crippen molar-refractivity contribution in [2.24, 2.45) is 0 Å². The van der Waals surface area contributed by atoms with Gasteiger partial charge in [0.2, 0.25) is 5.91 Å². The Morgan fingerprint density at radius 3 is 2.35 bits per heavy atom. The van der Waals surface area contributed by atoms with Crippen LogP contribution in [0.4, 0.5) is 5.69 Å². The molecule has 0 bridgehead atoms. The van der Waals surface area contributed by atoms with Crippen LogP contribution in [0.3, 0.4) is 0 Å². The topological polar surface area (TPSA) is 63.2 Å². The molecule has 0 aliphatic heterocycles. The third-order valence-electron chi connectivity index (χ3n) is 2.92. The summed E-state index contributed by atoms with van der Waals surface area (Å²) in [5.41, 5.74) is 1.04. The molecule has 0 aliphatic rings. The largest absolute Gasteiger partial charge is 0.321 e. The molecule has 2 aromatic rings. The van der Waals surface area contributed by atoms with Gasteiger partial charge in [0.1, 0.15) is 0 Å². The fraction of sp³-hybridized carbons (Fsp3) is 0.0625. The lowest BCUT2D eigenvalue weighted by Gasteiger charge is -2.07. The standard InChI is InChI=1S/C16H13Cl2NO3S/c1-23(21,22)13-7-8-14(18)15(10-13)19-16(20)9-4-11-2-5-12(17)6-3-11/h2-10H,1H3,(H,19,20). The molecule has 1 N–H and O–H groups in total. The number of carbonyl (C=O) groups is 1. The Labute approximate surface area is 144 Å². The second-order valence-electron chi connectivity index (χ2n) is 4.79. The van der Waals surface area contributed by atoms with Crippen LogP contribution in [0.5, 0.6) is 0 Å². The van der Waals surface area contributed by atoms with Gasteiger partial charge in [0, 0.05) is 17.4 Å². The summed E-state index contributed by atoms with van der Waals surface area (Å²) in [5, 5.41) is 3.42. The summed E-state index contributed by atoms with van der Waals surface area (Å²) in [4.78, 5) is 12.0. The van der Waals surface area contributed by atoms with Gasteiger partial charge in [-0.15, -0.1) is 0 Å². The van der Waals surface area contributed by atoms with Crippen LogP contribution in [0.15, 0.2) is 53.4 Å². The molecule has 0 heterocycles. The van der Waals surface area contributed by atoms with Crippen LogP contribution < -0.4 is 5.32 Å². The molecule has 2 rings (SSSR count). The molecule has 0 atom stereocenters. The van der Waals surface area contributed by atoms with Crippen molar-refractivity contribution in [1.82, 2.24) is 0 Å². The Bertz CT molecular complexity index is 859. The molecule has 0 unspecified atom stereocenters. The minimum absolute atomic E-state index is 0.0823. The Morgan fingerprint density at radius 2 is 1.74 bits per heavy atom. The molecule has 0 aromatic heterocycles. The quantitative estimate of drug-likeness (QED) is 0.826. The van der Waals surface area contributed by atoms with E-state index in [0.29, 0.717) is 5.02 Å². The summed E-state index contributed by atoms with van der Waals surface area (Å²) < 4.78 is 23.1. The fourth-order valence-corrected chi connectivity index (χ4v) is 2.69. The van der Waals surface area contributed by atoms with E-state index in [2.05, 4.69) is 5.32 Å². The van der Waals surface area contributed by atoms with E-state index in [1.165, 1.54) is 24.3 Å². The molecule has 7 heteroatoms. The highest BCUT2D eigenvalue weighted by Gasteiger charge is 2.11. The van der Waals surface area contributed by atoms with Crippen LogP contribution in [0, 0.1) is 0 Å². The third-order valence-corrected chi connectivity index (χ3v) is 4.61. The summed E-state index contributed by atoms with van der Waals surface area (Å²) in [6, 6.07) is 11.1. The van der Waals surface area contributed by atoms with Gasteiger partial charge in [0.25, 0.3) is 0 Å². The molecule has 0 aliphatic carbocycles. The number of rotatable bonds is 4. The maximum Gasteiger partial charge on any atom is 0.248 e. The van der Waals surface area contributed by atoms with Crippen molar-refractivity contribution in [1.29, 1.82) is 0 Å². The van der Waals surface area contributed by atoms with Gasteiger partial charge in [-0.3, -0.25) is 4.79 Å². The van der Waals surface area contributed by atoms with Gasteiger partial charge in [-0.2, -0.15) is 0 Å². The van der Waals surface area contributed by atoms with E-state index in [1.54, 1.807) is 30.3 Å². The third kappa shape index (κ3) is 5.10. The van der Waals surface area contributed by atoms with Gasteiger partial charge < -0.3 is 5.32 Å². The highest BCUT2D eigenvalue weighted by Crippen LogP contribution is 2.25. The van der Waals surface area contributed by atoms with Crippen LogP contribution in [-0.2, 0) is 14.6 Å². The number of anilines is 1. The SMILES string of the molecule is CS(=O)(=O)c1ccc(Cl)c(NC(=O)C=Cc2ccc(Cl)cc2)c1. The van der Waals surface area contributed by atoms with Crippen LogP contribution >= 0.6 is 23.2 Å². The van der Waals surface area contributed by atoms with Gasteiger partial charge in [-0.1, -0.05) is 35.3 Å². The molecule has 0 radical (unpaired) electrons. The number of hydrogen-bond acceptors (Lipinski definition) is 3. The maximum atomic E-state index is 11.9. The zero-order valence-corrected chi connectivity index (χ0v) is 14.4. The van der Waals surface area contributed by atoms with Crippen molar-refractivity contribution in [2.75, 3.05) is 11.6 Å². The van der Waals surface area contributed by atoms with Gasteiger partial charge in [-0.05, 0) is 42.0 Å². The molecule has 4 nitrogen and oxygen atoms in total. The summed E-state index contributed by atoms with van der Waals surface area (Å²) in [6.07, 6.45) is 4.02. The molecule has 0 spiro atoms. The first-order valence-corrected chi connectivity index (χ1v) is 9.15. The van der Waals surface area contributed by atoms with Gasteiger partial charge in [0.05, 0.1) is 15.6 Å². The van der Waals surface area contributed by atoms with Crippen molar-refractivity contribution in [2.45, 2.75) is 4.90 Å². The van der Waals surface area contributed by atoms with E-state index in [1.807, 2.05) is 0 Å². The second kappa shape index (κ2) is 7.17. The van der Waals surface area contributed by atoms with E-state index in [9.17, 15) is 13.2 Å². The van der Waals surface area contributed by atoms with E-state index in [-0.39, 0.29) is 15.6 Å². The number of benzene rings is 2. The Balaban J connectivity index is 2.15. The number of hydrogen-bond donors (Lipinski definition) is 1. The zero-order chi connectivity index (χ0) is 17.0. The van der Waals surface area contributed by atoms with Crippen molar-refractivity contribution in [3.05, 3.63) is 64.1 Å². The maximum absolute atomic E-state index is 11.9. The van der Waals surface area contributed by atoms with Crippen LogP contribution in [0.2, 0.25) is 10.0 Å². The Kier molecular flexibility index (Phi) is 5.46. The molecule has 1 amide bonds. The molecule has 120 valence electrons. The number of carbonyl (C=O) groups excluding carboxylic acids is 1. The number of halogens is 2. The summed E-state index contributed by atoms with van der Waals surface area (Å²) in [6.45, 7) is 0. The minimum Gasteiger partial charge on any atom is -0.321 e. The predicted molar refractivity (Wildman–Crippen MR) is 93.7 cm³/mol. The number of amides is 1. The van der Waals surface area contributed by atoms with Crippen LogP contribution in [-0.4, -0.2) is 20.6 Å². The normalized spacial score (nSPS) is 11.6. The average Bonchev–Trinajstić information content (AvgIpc) is 2.48. The molecule has 0 saturated heterocycles. The lowest BCUT2D eigenvalue weighted by Crippen LogP contribution is -2.09. The first-order chi connectivity index (χ1) is 10.8. The van der Waals surface area contributed by atoms with Crippen molar-refractivity contribution >= 4 is 50.7 Å². The monoisotopic (exact) mass is 369 g/mol. The molecular weight excluding hydrogens is 357 g/mol. The summed E-state index contributed by atoms with van der Waals surface area (Å²) in [7, 11) is -3.38. The lowest BCUT2D eigenvalue weighted by molar-refractivity contribution is -0.111. The van der Waals surface area contributed by atoms with E-state index in [4.69, 9.17) is 23.2 Å². The van der Waals surface area contributed by atoms with Gasteiger partial charge in [-0.25, -0.2) is 8.42 Å². The zero-order valence-electron chi connectivity index (χ0n) is 12.1. The Morgan fingerprint density at radius 1 is 1.09 bits per heavy atom. The highest BCUT2D eigenvalue weighted by molar-refractivity contribution is 7.90. The summed E-state index contributed by atoms with van der Waals surface area (Å²) in [5.74, 6) is -0.424.